The number of halogens is 1. The van der Waals surface area contributed by atoms with Crippen LogP contribution in [-0.4, -0.2) is 71.9 Å². The predicted molar refractivity (Wildman–Crippen MR) is 117 cm³/mol. The van der Waals surface area contributed by atoms with Crippen LogP contribution in [0, 0.1) is 6.92 Å². The highest BCUT2D eigenvalue weighted by atomic mass is 127. The van der Waals surface area contributed by atoms with Crippen molar-refractivity contribution in [3.63, 3.8) is 0 Å². The smallest absolute Gasteiger partial charge is 0.192 e. The lowest BCUT2D eigenvalue weighted by Crippen LogP contribution is -2.46. The van der Waals surface area contributed by atoms with Crippen LogP contribution in [0.15, 0.2) is 4.99 Å². The van der Waals surface area contributed by atoms with Gasteiger partial charge in [-0.1, -0.05) is 0 Å². The number of aryl methyl sites for hydroxylation is 1. The van der Waals surface area contributed by atoms with E-state index in [1.165, 1.54) is 0 Å². The molecule has 0 saturated carbocycles. The molecule has 10 heteroatoms. The minimum Gasteiger partial charge on any atom is -0.379 e. The molecule has 1 aromatic heterocycles. The first-order valence-electron chi connectivity index (χ1n) is 9.82. The molecule has 0 amide bonds. The summed E-state index contributed by atoms with van der Waals surface area (Å²) in [4.78, 5) is 4.68. The summed E-state index contributed by atoms with van der Waals surface area (Å²) in [7, 11) is 1.95. The number of aromatic nitrogens is 3. The van der Waals surface area contributed by atoms with Gasteiger partial charge in [0.05, 0.1) is 25.4 Å². The fourth-order valence-electron chi connectivity index (χ4n) is 3.11. The Morgan fingerprint density at radius 3 is 2.86 bits per heavy atom. The second-order valence-corrected chi connectivity index (χ2v) is 7.27. The summed E-state index contributed by atoms with van der Waals surface area (Å²) < 4.78 is 18.9. The normalized spacial score (nSPS) is 23.5. The van der Waals surface area contributed by atoms with Crippen molar-refractivity contribution < 1.29 is 14.2 Å². The van der Waals surface area contributed by atoms with E-state index in [9.17, 15) is 0 Å². The average molecular weight is 508 g/mol. The molecular weight excluding hydrogens is 475 g/mol. The minimum atomic E-state index is 0. The van der Waals surface area contributed by atoms with Crippen molar-refractivity contribution in [2.75, 3.05) is 33.0 Å². The Balaban J connectivity index is 0.00000280. The quantitative estimate of drug-likeness (QED) is 0.309. The average Bonchev–Trinajstić information content (AvgIpc) is 3.41. The van der Waals surface area contributed by atoms with Crippen molar-refractivity contribution in [3.05, 3.63) is 11.6 Å². The molecule has 2 N–H and O–H groups in total. The Hall–Kier alpha value is -0.980. The van der Waals surface area contributed by atoms with Crippen molar-refractivity contribution in [1.82, 2.24) is 25.4 Å². The molecule has 0 aliphatic carbocycles. The van der Waals surface area contributed by atoms with E-state index >= 15 is 0 Å². The van der Waals surface area contributed by atoms with Crippen molar-refractivity contribution in [2.45, 2.75) is 57.9 Å². The van der Waals surface area contributed by atoms with Gasteiger partial charge in [0.15, 0.2) is 11.8 Å². The maximum Gasteiger partial charge on any atom is 0.192 e. The summed E-state index contributed by atoms with van der Waals surface area (Å²) in [6.07, 6.45) is 3.63. The number of ether oxygens (including phenoxy) is 3. The molecule has 28 heavy (non-hydrogen) atoms. The fraction of sp³-hybridized carbons (Fsp3) is 0.833. The van der Waals surface area contributed by atoms with Crippen LogP contribution in [-0.2, 0) is 27.8 Å². The van der Waals surface area contributed by atoms with Gasteiger partial charge in [-0.25, -0.2) is 4.99 Å². The monoisotopic (exact) mass is 508 g/mol. The summed E-state index contributed by atoms with van der Waals surface area (Å²) in [5, 5.41) is 15.1. The number of rotatable bonds is 8. The molecule has 3 atom stereocenters. The van der Waals surface area contributed by atoms with Crippen LogP contribution in [0.25, 0.3) is 0 Å². The minimum absolute atomic E-state index is 0. The zero-order valence-electron chi connectivity index (χ0n) is 17.0. The second kappa shape index (κ2) is 11.9. The van der Waals surface area contributed by atoms with Crippen LogP contribution in [0.2, 0.25) is 0 Å². The van der Waals surface area contributed by atoms with E-state index in [1.807, 2.05) is 18.5 Å². The largest absolute Gasteiger partial charge is 0.379 e. The SMILES string of the molecule is Cc1nnc(CN=C(NCC2CCCO2)NC(C)COC2CCOC2)n1C.I. The number of nitrogens with zero attached hydrogens (tertiary/aromatic N) is 4. The van der Waals surface area contributed by atoms with Crippen LogP contribution >= 0.6 is 24.0 Å². The highest BCUT2D eigenvalue weighted by molar-refractivity contribution is 14.0. The van der Waals surface area contributed by atoms with E-state index < -0.39 is 0 Å². The first-order chi connectivity index (χ1) is 13.1. The van der Waals surface area contributed by atoms with Gasteiger partial charge in [-0.2, -0.15) is 0 Å². The summed E-state index contributed by atoms with van der Waals surface area (Å²) in [5.74, 6) is 2.45. The number of hydrogen-bond donors (Lipinski definition) is 2. The molecule has 3 rings (SSSR count). The van der Waals surface area contributed by atoms with Crippen molar-refractivity contribution in [3.8, 4) is 0 Å². The van der Waals surface area contributed by atoms with Gasteiger partial charge in [0.2, 0.25) is 0 Å². The van der Waals surface area contributed by atoms with Gasteiger partial charge >= 0.3 is 0 Å². The van der Waals surface area contributed by atoms with E-state index in [-0.39, 0.29) is 42.2 Å². The molecule has 160 valence electrons. The lowest BCUT2D eigenvalue weighted by molar-refractivity contribution is 0.0347. The Kier molecular flexibility index (Phi) is 9.89. The van der Waals surface area contributed by atoms with E-state index in [1.54, 1.807) is 0 Å². The molecule has 2 aliphatic rings. The lowest BCUT2D eigenvalue weighted by atomic mass is 10.2. The van der Waals surface area contributed by atoms with Gasteiger partial charge in [0.25, 0.3) is 0 Å². The standard InChI is InChI=1S/C18H32N6O3.HI/c1-13(11-27-16-6-8-25-12-16)21-18(19-9-15-5-4-7-26-15)20-10-17-23-22-14(2)24(17)3;/h13,15-16H,4-12H2,1-3H3,(H2,19,20,21);1H. The molecule has 1 aromatic rings. The number of nitrogens with one attached hydrogen (secondary N) is 2. The first kappa shape index (κ1) is 23.3. The van der Waals surface area contributed by atoms with Crippen LogP contribution in [0.5, 0.6) is 0 Å². The van der Waals surface area contributed by atoms with Gasteiger partial charge in [-0.05, 0) is 33.1 Å². The number of hydrogen-bond acceptors (Lipinski definition) is 6. The first-order valence-corrected chi connectivity index (χ1v) is 9.82. The van der Waals surface area contributed by atoms with Crippen LogP contribution in [0.1, 0.15) is 37.8 Å². The topological polar surface area (TPSA) is 94.8 Å². The zero-order valence-corrected chi connectivity index (χ0v) is 19.3. The lowest BCUT2D eigenvalue weighted by Gasteiger charge is -2.21. The molecule has 2 saturated heterocycles. The third-order valence-corrected chi connectivity index (χ3v) is 4.94. The van der Waals surface area contributed by atoms with E-state index in [2.05, 4.69) is 32.7 Å². The highest BCUT2D eigenvalue weighted by Crippen LogP contribution is 2.11. The van der Waals surface area contributed by atoms with Gasteiger partial charge < -0.3 is 29.4 Å². The van der Waals surface area contributed by atoms with Gasteiger partial charge in [0.1, 0.15) is 12.4 Å². The molecule has 3 heterocycles. The highest BCUT2D eigenvalue weighted by Gasteiger charge is 2.19. The third kappa shape index (κ3) is 7.12. The molecule has 0 spiro atoms. The zero-order chi connectivity index (χ0) is 19.1. The van der Waals surface area contributed by atoms with Crippen LogP contribution < -0.4 is 10.6 Å². The molecule has 2 fully saturated rings. The molecular formula is C18H33IN6O3. The molecule has 0 aromatic carbocycles. The summed E-state index contributed by atoms with van der Waals surface area (Å²) in [6, 6.07) is 0.127. The third-order valence-electron chi connectivity index (χ3n) is 4.94. The van der Waals surface area contributed by atoms with Gasteiger partial charge in [-0.15, -0.1) is 34.2 Å². The summed E-state index contributed by atoms with van der Waals surface area (Å²) >= 11 is 0. The maximum absolute atomic E-state index is 5.91. The Morgan fingerprint density at radius 2 is 2.21 bits per heavy atom. The van der Waals surface area contributed by atoms with Crippen molar-refractivity contribution >= 4 is 29.9 Å². The Labute approximate surface area is 184 Å². The van der Waals surface area contributed by atoms with Crippen molar-refractivity contribution in [1.29, 1.82) is 0 Å². The van der Waals surface area contributed by atoms with Crippen LogP contribution in [0.4, 0.5) is 0 Å². The van der Waals surface area contributed by atoms with Crippen LogP contribution in [0.3, 0.4) is 0 Å². The molecule has 3 unspecified atom stereocenters. The van der Waals surface area contributed by atoms with Crippen molar-refractivity contribution in [2.24, 2.45) is 12.0 Å². The summed E-state index contributed by atoms with van der Waals surface area (Å²) in [5.41, 5.74) is 0. The van der Waals surface area contributed by atoms with Gasteiger partial charge in [-0.3, -0.25) is 0 Å². The fourth-order valence-corrected chi connectivity index (χ4v) is 3.11. The second-order valence-electron chi connectivity index (χ2n) is 7.27. The van der Waals surface area contributed by atoms with E-state index in [4.69, 9.17) is 14.2 Å². The predicted octanol–water partition coefficient (Wildman–Crippen LogP) is 1.15. The Morgan fingerprint density at radius 1 is 1.36 bits per heavy atom. The van der Waals surface area contributed by atoms with E-state index in [0.29, 0.717) is 19.8 Å². The molecule has 2 aliphatic heterocycles. The molecule has 0 bridgehead atoms. The van der Waals surface area contributed by atoms with Gasteiger partial charge in [0, 0.05) is 32.8 Å². The maximum atomic E-state index is 5.91. The summed E-state index contributed by atoms with van der Waals surface area (Å²) in [6.45, 7) is 8.16. The molecule has 9 nitrogen and oxygen atoms in total. The molecule has 0 radical (unpaired) electrons. The van der Waals surface area contributed by atoms with E-state index in [0.717, 1.165) is 56.6 Å². The number of guanidine groups is 1. The Bertz CT molecular complexity index is 614. The number of aliphatic imine (C=N–C) groups is 1.